The molecular weight excluding hydrogens is 733 g/mol. The Hall–Kier alpha value is -7.63. The first-order chi connectivity index (χ1) is 29.3. The van der Waals surface area contributed by atoms with Gasteiger partial charge in [0.2, 0.25) is 0 Å². The van der Waals surface area contributed by atoms with E-state index in [1.165, 1.54) is 22.3 Å². The van der Waals surface area contributed by atoms with Crippen LogP contribution in [0.2, 0.25) is 0 Å². The Morgan fingerprint density at radius 1 is 0.517 bits per heavy atom. The molecule has 0 saturated heterocycles. The van der Waals surface area contributed by atoms with Gasteiger partial charge in [0.15, 0.2) is 11.7 Å². The standard InChI is InChI=1S/C55H42N4O/c1-36(37-16-7-4-8-17-37)57-54(39-18-9-5-10-19-39)58-53(56)47-23-15-25-50-52(47)46-32-28-40(34-51(46)60-50)38-26-29-42(30-27-38)59(41-20-11-6-12-21-41)43-31-33-45-44-22-13-14-24-48(44)55(2,3)49(45)35-43/h4-35,56H,1-3H3/b56-53?,57-36+,58-54-. The van der Waals surface area contributed by atoms with Gasteiger partial charge in [0.25, 0.3) is 0 Å². The molecule has 0 amide bonds. The summed E-state index contributed by atoms with van der Waals surface area (Å²) in [4.78, 5) is 12.1. The van der Waals surface area contributed by atoms with Crippen molar-refractivity contribution in [1.29, 1.82) is 5.41 Å². The number of nitrogens with zero attached hydrogens (tertiary/aromatic N) is 3. The number of nitrogens with one attached hydrogen (secondary N) is 1. The summed E-state index contributed by atoms with van der Waals surface area (Å²) in [5.41, 5.74) is 15.5. The van der Waals surface area contributed by atoms with Gasteiger partial charge >= 0.3 is 0 Å². The Labute approximate surface area is 350 Å². The van der Waals surface area contributed by atoms with Crippen LogP contribution >= 0.6 is 0 Å². The fourth-order valence-electron chi connectivity index (χ4n) is 8.67. The third-order valence-electron chi connectivity index (χ3n) is 11.8. The van der Waals surface area contributed by atoms with Crippen LogP contribution in [0.5, 0.6) is 0 Å². The predicted molar refractivity (Wildman–Crippen MR) is 250 cm³/mol. The first kappa shape index (κ1) is 36.7. The lowest BCUT2D eigenvalue weighted by Crippen LogP contribution is -2.16. The molecule has 0 fully saturated rings. The first-order valence-electron chi connectivity index (χ1n) is 20.3. The van der Waals surface area contributed by atoms with Crippen molar-refractivity contribution in [2.75, 3.05) is 4.90 Å². The third kappa shape index (κ3) is 6.51. The van der Waals surface area contributed by atoms with Crippen molar-refractivity contribution in [1.82, 2.24) is 0 Å². The lowest BCUT2D eigenvalue weighted by atomic mass is 9.82. The number of anilines is 3. The zero-order valence-electron chi connectivity index (χ0n) is 33.7. The van der Waals surface area contributed by atoms with Gasteiger partial charge in [0.05, 0.1) is 0 Å². The van der Waals surface area contributed by atoms with Crippen LogP contribution in [-0.2, 0) is 5.41 Å². The molecule has 1 aromatic heterocycles. The van der Waals surface area contributed by atoms with E-state index in [2.05, 4.69) is 134 Å². The van der Waals surface area contributed by atoms with Gasteiger partial charge in [0, 0.05) is 50.1 Å². The summed E-state index contributed by atoms with van der Waals surface area (Å²) in [6, 6.07) is 67.0. The van der Waals surface area contributed by atoms with Crippen molar-refractivity contribution in [3.63, 3.8) is 0 Å². The zero-order valence-corrected chi connectivity index (χ0v) is 33.7. The van der Waals surface area contributed by atoms with E-state index in [4.69, 9.17) is 14.4 Å². The second kappa shape index (κ2) is 14.9. The maximum Gasteiger partial charge on any atom is 0.161 e. The minimum atomic E-state index is -0.0982. The Balaban J connectivity index is 0.989. The molecule has 1 aliphatic rings. The van der Waals surface area contributed by atoms with Crippen LogP contribution in [0.15, 0.2) is 209 Å². The number of fused-ring (bicyclic) bond motifs is 6. The molecule has 0 radical (unpaired) electrons. The summed E-state index contributed by atoms with van der Waals surface area (Å²) < 4.78 is 6.49. The predicted octanol–water partition coefficient (Wildman–Crippen LogP) is 14.3. The molecule has 1 heterocycles. The molecular formula is C55H42N4O. The number of aliphatic imine (C=N–C) groups is 2. The van der Waals surface area contributed by atoms with E-state index in [0.29, 0.717) is 17.0 Å². The highest BCUT2D eigenvalue weighted by Crippen LogP contribution is 2.50. The second-order valence-electron chi connectivity index (χ2n) is 15.8. The average Bonchev–Trinajstić information content (AvgIpc) is 3.78. The molecule has 0 bridgehead atoms. The maximum atomic E-state index is 9.29. The van der Waals surface area contributed by atoms with Gasteiger partial charge in [-0.2, -0.15) is 0 Å². The Morgan fingerprint density at radius 3 is 1.88 bits per heavy atom. The van der Waals surface area contributed by atoms with Crippen molar-refractivity contribution >= 4 is 56.4 Å². The van der Waals surface area contributed by atoms with E-state index in [1.54, 1.807) is 0 Å². The molecule has 10 rings (SSSR count). The molecule has 5 heteroatoms. The van der Waals surface area contributed by atoms with Crippen LogP contribution in [0.4, 0.5) is 17.1 Å². The topological polar surface area (TPSA) is 65.0 Å². The molecule has 0 saturated carbocycles. The molecule has 288 valence electrons. The number of hydrogen-bond donors (Lipinski definition) is 1. The van der Waals surface area contributed by atoms with Crippen molar-refractivity contribution in [3.05, 3.63) is 222 Å². The SMILES string of the molecule is C/C(=N\C(=N/C(=N)c1cccc2oc3cc(-c4ccc(N(c5ccccc5)c5ccc6c(c5)C(C)(C)c5ccccc5-6)cc4)ccc3c12)c1ccccc1)c1ccccc1. The van der Waals surface area contributed by atoms with Crippen LogP contribution in [0.3, 0.4) is 0 Å². The Kier molecular flexibility index (Phi) is 9.14. The number of rotatable bonds is 7. The van der Waals surface area contributed by atoms with E-state index in [1.807, 2.05) is 85.8 Å². The van der Waals surface area contributed by atoms with E-state index < -0.39 is 0 Å². The molecule has 9 aromatic rings. The van der Waals surface area contributed by atoms with Crippen molar-refractivity contribution in [3.8, 4) is 22.3 Å². The highest BCUT2D eigenvalue weighted by Gasteiger charge is 2.35. The van der Waals surface area contributed by atoms with E-state index in [-0.39, 0.29) is 11.3 Å². The molecule has 0 aliphatic heterocycles. The molecule has 5 nitrogen and oxygen atoms in total. The average molecular weight is 775 g/mol. The monoisotopic (exact) mass is 774 g/mol. The van der Waals surface area contributed by atoms with Gasteiger partial charge in [0.1, 0.15) is 11.2 Å². The number of hydrogen-bond acceptors (Lipinski definition) is 3. The van der Waals surface area contributed by atoms with Crippen LogP contribution in [0, 0.1) is 5.41 Å². The number of furan rings is 1. The molecule has 1 N–H and O–H groups in total. The summed E-state index contributed by atoms with van der Waals surface area (Å²) in [6.45, 7) is 6.62. The van der Waals surface area contributed by atoms with E-state index >= 15 is 0 Å². The molecule has 8 aromatic carbocycles. The summed E-state index contributed by atoms with van der Waals surface area (Å²) in [6.07, 6.45) is 0. The molecule has 0 atom stereocenters. The number of benzene rings is 8. The largest absolute Gasteiger partial charge is 0.456 e. The first-order valence-corrected chi connectivity index (χ1v) is 20.3. The highest BCUT2D eigenvalue weighted by atomic mass is 16.3. The summed E-state index contributed by atoms with van der Waals surface area (Å²) in [7, 11) is 0. The van der Waals surface area contributed by atoms with Gasteiger partial charge < -0.3 is 9.32 Å². The lowest BCUT2D eigenvalue weighted by Gasteiger charge is -2.28. The maximum absolute atomic E-state index is 9.29. The van der Waals surface area contributed by atoms with Gasteiger partial charge in [-0.15, -0.1) is 0 Å². The molecule has 0 unspecified atom stereocenters. The highest BCUT2D eigenvalue weighted by molar-refractivity contribution is 6.22. The Morgan fingerprint density at radius 2 is 1.13 bits per heavy atom. The second-order valence-corrected chi connectivity index (χ2v) is 15.8. The smallest absolute Gasteiger partial charge is 0.161 e. The van der Waals surface area contributed by atoms with Gasteiger partial charge in [-0.25, -0.2) is 9.98 Å². The van der Waals surface area contributed by atoms with E-state index in [0.717, 1.165) is 61.4 Å². The molecule has 1 aliphatic carbocycles. The van der Waals surface area contributed by atoms with Crippen molar-refractivity contribution < 1.29 is 4.42 Å². The Bertz CT molecular complexity index is 3120. The quantitative estimate of drug-likeness (QED) is 0.129. The third-order valence-corrected chi connectivity index (χ3v) is 11.8. The van der Waals surface area contributed by atoms with Crippen molar-refractivity contribution in [2.45, 2.75) is 26.2 Å². The summed E-state index contributed by atoms with van der Waals surface area (Å²) >= 11 is 0. The van der Waals surface area contributed by atoms with Crippen LogP contribution < -0.4 is 4.90 Å². The fourth-order valence-corrected chi connectivity index (χ4v) is 8.67. The lowest BCUT2D eigenvalue weighted by molar-refractivity contribution is 0.660. The normalized spacial score (nSPS) is 13.3. The van der Waals surface area contributed by atoms with Crippen LogP contribution in [-0.4, -0.2) is 17.4 Å². The minimum absolute atomic E-state index is 0.0982. The van der Waals surface area contributed by atoms with Crippen LogP contribution in [0.25, 0.3) is 44.2 Å². The number of amidine groups is 2. The fraction of sp³-hybridized carbons (Fsp3) is 0.0727. The van der Waals surface area contributed by atoms with Crippen molar-refractivity contribution in [2.24, 2.45) is 9.98 Å². The minimum Gasteiger partial charge on any atom is -0.456 e. The van der Waals surface area contributed by atoms with Crippen LogP contribution in [0.1, 0.15) is 48.6 Å². The molecule has 60 heavy (non-hydrogen) atoms. The van der Waals surface area contributed by atoms with Gasteiger partial charge in [-0.05, 0) is 100 Å². The van der Waals surface area contributed by atoms with Gasteiger partial charge in [-0.3, -0.25) is 5.41 Å². The summed E-state index contributed by atoms with van der Waals surface area (Å²) in [5.74, 6) is 0.597. The van der Waals surface area contributed by atoms with Gasteiger partial charge in [-0.1, -0.05) is 153 Å². The number of para-hydroxylation sites is 1. The zero-order chi connectivity index (χ0) is 40.8. The molecule has 0 spiro atoms. The summed E-state index contributed by atoms with van der Waals surface area (Å²) in [5, 5.41) is 11.1. The van der Waals surface area contributed by atoms with E-state index in [9.17, 15) is 5.41 Å².